The molecule has 2 aromatic rings. The van der Waals surface area contributed by atoms with Gasteiger partial charge in [-0.05, 0) is 61.7 Å². The van der Waals surface area contributed by atoms with E-state index in [0.717, 1.165) is 23.1 Å². The van der Waals surface area contributed by atoms with Crippen LogP contribution < -0.4 is 0 Å². The first-order chi connectivity index (χ1) is 15.9. The minimum atomic E-state index is 0. The zero-order chi connectivity index (χ0) is 26.9. The summed E-state index contributed by atoms with van der Waals surface area (Å²) in [6.07, 6.45) is 0. The molecule has 35 heavy (non-hydrogen) atoms. The van der Waals surface area contributed by atoms with Gasteiger partial charge in [0, 0.05) is 0 Å². The fourth-order valence-electron chi connectivity index (χ4n) is 3.19. The molecule has 0 N–H and O–H groups in total. The third-order valence-electron chi connectivity index (χ3n) is 6.40. The zero-order valence-corrected chi connectivity index (χ0v) is 33.5. The SMILES string of the molecule is CC[N+](CC)(CC)CC.CC[N+](CC)(CC)CC.S=c1sc([S-])c([S-])s1.S=c1sc([S-])c([S-])s1.[Zn+2]. The molecule has 0 saturated carbocycles. The standard InChI is InChI=1S/2C8H20N.2C3H2S5.Zn/c2*1-5-9(6-2,7-3)8-4;2*4-1-2(5)8-3(6)7-1;/h2*5-8H2,1-4H3;2*4-5H;/q2*+1;;;+2/p-4. The number of quaternary nitrogens is 2. The average Bonchev–Trinajstić information content (AvgIpc) is 3.29. The van der Waals surface area contributed by atoms with Crippen LogP contribution in [0.4, 0.5) is 0 Å². The summed E-state index contributed by atoms with van der Waals surface area (Å²) in [5.41, 5.74) is 0. The van der Waals surface area contributed by atoms with Gasteiger partial charge < -0.3 is 105 Å². The van der Waals surface area contributed by atoms with Crippen LogP contribution in [0, 0.1) is 6.28 Å². The zero-order valence-electron chi connectivity index (χ0n) is 22.3. The Bertz CT molecular complexity index is 727. The molecule has 0 radical (unpaired) electrons. The van der Waals surface area contributed by atoms with Crippen molar-refractivity contribution in [2.24, 2.45) is 0 Å². The van der Waals surface area contributed by atoms with Gasteiger partial charge in [-0.2, -0.15) is 0 Å². The van der Waals surface area contributed by atoms with E-state index >= 15 is 0 Å². The molecule has 0 atom stereocenters. The minimum Gasteiger partial charge on any atom is -0.429 e. The smallest absolute Gasteiger partial charge is 0.429 e. The van der Waals surface area contributed by atoms with Crippen LogP contribution in [0.25, 0.3) is 0 Å². The first-order valence-corrected chi connectivity index (χ1v) is 17.3. The van der Waals surface area contributed by atoms with Gasteiger partial charge in [0.15, 0.2) is 0 Å². The van der Waals surface area contributed by atoms with E-state index in [0.29, 0.717) is 0 Å². The molecule has 200 valence electrons. The molecule has 2 rings (SSSR count). The number of hydrogen-bond donors (Lipinski definition) is 0. The van der Waals surface area contributed by atoms with E-state index in [2.05, 4.69) is 55.4 Å². The molecule has 0 unspecified atom stereocenters. The fourth-order valence-corrected chi connectivity index (χ4v) is 9.73. The number of hydrogen-bond acceptors (Lipinski definition) is 10. The topological polar surface area (TPSA) is 0 Å². The van der Waals surface area contributed by atoms with E-state index in [4.69, 9.17) is 75.0 Å². The maximum atomic E-state index is 4.83. The van der Waals surface area contributed by atoms with Gasteiger partial charge in [-0.15, -0.1) is 41.3 Å². The van der Waals surface area contributed by atoms with Crippen LogP contribution in [0.5, 0.6) is 0 Å². The van der Waals surface area contributed by atoms with Crippen molar-refractivity contribution < 1.29 is 28.4 Å². The second-order valence-electron chi connectivity index (χ2n) is 7.27. The van der Waals surface area contributed by atoms with E-state index in [1.165, 1.54) is 107 Å². The second kappa shape index (κ2) is 22.7. The summed E-state index contributed by atoms with van der Waals surface area (Å²) in [6, 6.07) is 0. The van der Waals surface area contributed by atoms with Gasteiger partial charge in [0.05, 0.1) is 52.4 Å². The van der Waals surface area contributed by atoms with Crippen LogP contribution in [0.1, 0.15) is 55.4 Å². The Kier molecular flexibility index (Phi) is 26.9. The number of rotatable bonds is 8. The maximum absolute atomic E-state index is 4.83. The van der Waals surface area contributed by atoms with Crippen LogP contribution in [0.2, 0.25) is 0 Å². The summed E-state index contributed by atoms with van der Waals surface area (Å²) < 4.78 is 7.26. The van der Waals surface area contributed by atoms with Crippen LogP contribution in [-0.2, 0) is 70.0 Å². The van der Waals surface area contributed by atoms with Crippen molar-refractivity contribution in [3.05, 3.63) is 6.28 Å². The van der Waals surface area contributed by atoms with Gasteiger partial charge in [0.1, 0.15) is 0 Å². The second-order valence-corrected chi connectivity index (χ2v) is 16.4. The van der Waals surface area contributed by atoms with Crippen LogP contribution in [0.15, 0.2) is 16.8 Å². The molecule has 0 bridgehead atoms. The molecular weight excluding hydrogens is 678 g/mol. The molecule has 0 amide bonds. The van der Waals surface area contributed by atoms with Gasteiger partial charge in [0.25, 0.3) is 0 Å². The predicted molar refractivity (Wildman–Crippen MR) is 173 cm³/mol. The van der Waals surface area contributed by atoms with Crippen LogP contribution >= 0.6 is 69.8 Å². The summed E-state index contributed by atoms with van der Waals surface area (Å²) in [7, 11) is 0. The first kappa shape index (κ1) is 41.4. The molecule has 13 heteroatoms. The van der Waals surface area contributed by atoms with Crippen molar-refractivity contribution in [3.8, 4) is 0 Å². The monoisotopic (exact) mass is 716 g/mol. The van der Waals surface area contributed by atoms with Gasteiger partial charge in [-0.25, -0.2) is 0 Å². The summed E-state index contributed by atoms with van der Waals surface area (Å²) in [5.74, 6) is 0. The van der Waals surface area contributed by atoms with E-state index in [-0.39, 0.29) is 19.5 Å². The summed E-state index contributed by atoms with van der Waals surface area (Å²) in [4.78, 5) is 0. The predicted octanol–water partition coefficient (Wildman–Crippen LogP) is 8.46. The summed E-state index contributed by atoms with van der Waals surface area (Å²) in [6.45, 7) is 28.4. The molecule has 2 heterocycles. The summed E-state index contributed by atoms with van der Waals surface area (Å²) in [5, 5.41) is 0. The van der Waals surface area contributed by atoms with Gasteiger partial charge in [0.2, 0.25) is 0 Å². The van der Waals surface area contributed by atoms with Gasteiger partial charge in [-0.3, -0.25) is 0 Å². The van der Waals surface area contributed by atoms with E-state index < -0.39 is 0 Å². The molecule has 0 fully saturated rings. The molecular formula is C22H40N2S10Zn. The van der Waals surface area contributed by atoms with Gasteiger partial charge in [-0.1, -0.05) is 0 Å². The molecule has 0 aromatic carbocycles. The van der Waals surface area contributed by atoms with Crippen molar-refractivity contribution in [3.63, 3.8) is 0 Å². The van der Waals surface area contributed by atoms with Crippen molar-refractivity contribution in [1.82, 2.24) is 0 Å². The van der Waals surface area contributed by atoms with E-state index in [1.807, 2.05) is 0 Å². The molecule has 0 aliphatic rings. The fraction of sp³-hybridized carbons (Fsp3) is 0.727. The first-order valence-electron chi connectivity index (χ1n) is 11.5. The van der Waals surface area contributed by atoms with Crippen LogP contribution in [-0.4, -0.2) is 61.3 Å². The Morgan fingerprint density at radius 1 is 0.457 bits per heavy atom. The molecule has 0 saturated heterocycles. The average molecular weight is 719 g/mol. The molecule has 2 nitrogen and oxygen atoms in total. The Hall–Kier alpha value is 1.96. The van der Waals surface area contributed by atoms with Gasteiger partial charge >= 0.3 is 19.5 Å². The van der Waals surface area contributed by atoms with Crippen molar-refractivity contribution in [2.45, 2.75) is 72.2 Å². The Morgan fingerprint density at radius 2 is 0.600 bits per heavy atom. The largest absolute Gasteiger partial charge is 2.00 e. The molecule has 0 spiro atoms. The van der Waals surface area contributed by atoms with Crippen LogP contribution in [0.3, 0.4) is 0 Å². The van der Waals surface area contributed by atoms with Crippen molar-refractivity contribution >= 4 is 120 Å². The van der Waals surface area contributed by atoms with Crippen molar-refractivity contribution in [2.75, 3.05) is 52.4 Å². The van der Waals surface area contributed by atoms with E-state index in [9.17, 15) is 0 Å². The molecule has 2 aromatic heterocycles. The third kappa shape index (κ3) is 16.6. The maximum Gasteiger partial charge on any atom is 2.00 e. The normalized spacial score (nSPS) is 10.5. The third-order valence-corrected chi connectivity index (χ3v) is 13.5. The Morgan fingerprint density at radius 3 is 0.629 bits per heavy atom. The van der Waals surface area contributed by atoms with Crippen molar-refractivity contribution in [1.29, 1.82) is 0 Å². The Labute approximate surface area is 276 Å². The Balaban J connectivity index is -0.000000387. The molecule has 0 aliphatic carbocycles. The quantitative estimate of drug-likeness (QED) is 0.116. The summed E-state index contributed by atoms with van der Waals surface area (Å²) >= 11 is 34.6. The molecule has 0 aliphatic heterocycles. The number of nitrogens with zero attached hydrogens (tertiary/aromatic N) is 2. The van der Waals surface area contributed by atoms with E-state index in [1.54, 1.807) is 0 Å². The minimum absolute atomic E-state index is 0.